The zero-order chi connectivity index (χ0) is 18.1. The Kier molecular flexibility index (Phi) is 3.88. The lowest BCUT2D eigenvalue weighted by Gasteiger charge is -2.07. The highest BCUT2D eigenvalue weighted by Crippen LogP contribution is 2.25. The third kappa shape index (κ3) is 2.90. The monoisotopic (exact) mass is 354 g/mol. The van der Waals surface area contributed by atoms with Crippen molar-refractivity contribution in [2.24, 2.45) is 0 Å². The van der Waals surface area contributed by atoms with E-state index >= 15 is 0 Å². The molecule has 0 spiro atoms. The molecule has 1 aromatic carbocycles. The normalized spacial score (nSPS) is 11.0. The highest BCUT2D eigenvalue weighted by Gasteiger charge is 2.17. The lowest BCUT2D eigenvalue weighted by atomic mass is 10.2. The van der Waals surface area contributed by atoms with Crippen LogP contribution in [-0.2, 0) is 6.54 Å². The predicted molar refractivity (Wildman–Crippen MR) is 88.6 cm³/mol. The van der Waals surface area contributed by atoms with E-state index in [0.29, 0.717) is 28.7 Å². The molecule has 3 aromatic heterocycles. The summed E-state index contributed by atoms with van der Waals surface area (Å²) in [4.78, 5) is 8.27. The fourth-order valence-electron chi connectivity index (χ4n) is 2.53. The van der Waals surface area contributed by atoms with Crippen LogP contribution in [0.5, 0.6) is 0 Å². The number of hydrogen-bond acceptors (Lipinski definition) is 6. The molecule has 26 heavy (non-hydrogen) atoms. The molecule has 0 aliphatic carbocycles. The van der Waals surface area contributed by atoms with Crippen molar-refractivity contribution < 1.29 is 13.3 Å². The Morgan fingerprint density at radius 2 is 2.00 bits per heavy atom. The number of nitrogen functional groups attached to an aromatic ring is 1. The number of nitrogens with zero attached hydrogens (tertiary/aromatic N) is 5. The number of halogens is 2. The van der Waals surface area contributed by atoms with Gasteiger partial charge in [0.25, 0.3) is 0 Å². The average molecular weight is 354 g/mol. The number of benzene rings is 1. The van der Waals surface area contributed by atoms with E-state index in [1.807, 2.05) is 0 Å². The summed E-state index contributed by atoms with van der Waals surface area (Å²) in [6.45, 7) is -0.00585. The van der Waals surface area contributed by atoms with Gasteiger partial charge >= 0.3 is 0 Å². The van der Waals surface area contributed by atoms with Gasteiger partial charge < -0.3 is 10.3 Å². The van der Waals surface area contributed by atoms with Gasteiger partial charge in [0, 0.05) is 17.8 Å². The zero-order valence-electron chi connectivity index (χ0n) is 13.3. The number of rotatable bonds is 4. The molecule has 2 N–H and O–H groups in total. The summed E-state index contributed by atoms with van der Waals surface area (Å²) in [5.41, 5.74) is 7.30. The van der Waals surface area contributed by atoms with Gasteiger partial charge in [-0.2, -0.15) is 5.10 Å². The Morgan fingerprint density at radius 1 is 1.12 bits per heavy atom. The first-order chi connectivity index (χ1) is 12.6. The molecule has 0 aliphatic rings. The lowest BCUT2D eigenvalue weighted by molar-refractivity contribution is 0.421. The van der Waals surface area contributed by atoms with E-state index in [1.54, 1.807) is 18.2 Å². The minimum atomic E-state index is -0.921. The van der Waals surface area contributed by atoms with Gasteiger partial charge in [0.05, 0.1) is 12.2 Å². The Labute approximate surface area is 146 Å². The number of hydrogen-bond donors (Lipinski definition) is 1. The maximum absolute atomic E-state index is 14.1. The fourth-order valence-corrected chi connectivity index (χ4v) is 2.53. The van der Waals surface area contributed by atoms with Crippen LogP contribution in [-0.4, -0.2) is 24.9 Å². The summed E-state index contributed by atoms with van der Waals surface area (Å²) >= 11 is 0. The van der Waals surface area contributed by atoms with E-state index in [0.717, 1.165) is 6.07 Å². The molecule has 4 aromatic rings. The minimum absolute atomic E-state index is 0.00585. The van der Waals surface area contributed by atoms with Crippen LogP contribution in [0.3, 0.4) is 0 Å². The molecule has 9 heteroatoms. The Bertz CT molecular complexity index is 1060. The molecule has 4 rings (SSSR count). The summed E-state index contributed by atoms with van der Waals surface area (Å²) < 4.78 is 33.9. The average Bonchev–Trinajstić information content (AvgIpc) is 3.28. The molecule has 0 atom stereocenters. The molecular weight excluding hydrogens is 342 g/mol. The summed E-state index contributed by atoms with van der Waals surface area (Å²) in [6.07, 6.45) is 2.92. The maximum atomic E-state index is 14.1. The van der Waals surface area contributed by atoms with E-state index in [4.69, 9.17) is 10.3 Å². The van der Waals surface area contributed by atoms with Gasteiger partial charge in [-0.15, -0.1) is 0 Å². The first-order valence-corrected chi connectivity index (χ1v) is 7.62. The first-order valence-electron chi connectivity index (χ1n) is 7.62. The predicted octanol–water partition coefficient (Wildman–Crippen LogP) is 2.90. The van der Waals surface area contributed by atoms with Crippen LogP contribution < -0.4 is 5.73 Å². The zero-order valence-corrected chi connectivity index (χ0v) is 13.3. The molecule has 7 nitrogen and oxygen atoms in total. The van der Waals surface area contributed by atoms with Crippen molar-refractivity contribution in [3.8, 4) is 22.9 Å². The molecular formula is C17H12F2N6O. The maximum Gasteiger partial charge on any atom is 0.182 e. The topological polar surface area (TPSA) is 95.7 Å². The third-order valence-corrected chi connectivity index (χ3v) is 3.74. The van der Waals surface area contributed by atoms with Gasteiger partial charge in [-0.3, -0.25) is 4.68 Å². The van der Waals surface area contributed by atoms with Crippen molar-refractivity contribution in [2.45, 2.75) is 6.54 Å². The molecule has 0 fully saturated rings. The standard InChI is InChI=1S/C17H12F2N6O/c18-11-3-1-2-10(16(11)19)9-25-14(12-5-7-26-24-12)8-13(23-25)17-21-6-4-15(20)22-17/h1-8H,9H2,(H2,20,21,22). The van der Waals surface area contributed by atoms with Gasteiger partial charge in [-0.1, -0.05) is 17.3 Å². The SMILES string of the molecule is Nc1ccnc(-c2cc(-c3ccon3)n(Cc3cccc(F)c3F)n2)n1. The summed E-state index contributed by atoms with van der Waals surface area (Å²) in [5, 5.41) is 8.29. The highest BCUT2D eigenvalue weighted by molar-refractivity contribution is 5.63. The quantitative estimate of drug-likeness (QED) is 0.605. The van der Waals surface area contributed by atoms with E-state index in [2.05, 4.69) is 20.2 Å². The Balaban J connectivity index is 1.81. The second-order valence-corrected chi connectivity index (χ2v) is 5.48. The first kappa shape index (κ1) is 15.9. The molecule has 0 radical (unpaired) electrons. The molecule has 0 unspecified atom stereocenters. The number of nitrogens with two attached hydrogens (primary N) is 1. The van der Waals surface area contributed by atoms with Crippen molar-refractivity contribution in [2.75, 3.05) is 5.73 Å². The largest absolute Gasteiger partial charge is 0.384 e. The number of aromatic nitrogens is 5. The van der Waals surface area contributed by atoms with Gasteiger partial charge in [0.15, 0.2) is 17.5 Å². The summed E-state index contributed by atoms with van der Waals surface area (Å²) in [7, 11) is 0. The van der Waals surface area contributed by atoms with E-state index < -0.39 is 11.6 Å². The van der Waals surface area contributed by atoms with E-state index in [-0.39, 0.29) is 12.1 Å². The van der Waals surface area contributed by atoms with E-state index in [9.17, 15) is 8.78 Å². The van der Waals surface area contributed by atoms with Crippen LogP contribution >= 0.6 is 0 Å². The Hall–Kier alpha value is -3.62. The number of anilines is 1. The van der Waals surface area contributed by atoms with Gasteiger partial charge in [-0.25, -0.2) is 18.7 Å². The van der Waals surface area contributed by atoms with Crippen LogP contribution in [0, 0.1) is 11.6 Å². The van der Waals surface area contributed by atoms with Crippen LogP contribution in [0.1, 0.15) is 5.56 Å². The molecule has 0 bridgehead atoms. The third-order valence-electron chi connectivity index (χ3n) is 3.74. The summed E-state index contributed by atoms with van der Waals surface area (Å²) in [5.74, 6) is -1.23. The Morgan fingerprint density at radius 3 is 2.77 bits per heavy atom. The molecule has 0 saturated carbocycles. The van der Waals surface area contributed by atoms with Gasteiger partial charge in [0.2, 0.25) is 0 Å². The molecule has 3 heterocycles. The van der Waals surface area contributed by atoms with E-state index in [1.165, 1.54) is 29.3 Å². The van der Waals surface area contributed by atoms with Crippen LogP contribution in [0.15, 0.2) is 53.4 Å². The highest BCUT2D eigenvalue weighted by atomic mass is 19.2. The smallest absolute Gasteiger partial charge is 0.182 e. The van der Waals surface area contributed by atoms with Crippen molar-refractivity contribution >= 4 is 5.82 Å². The molecule has 130 valence electrons. The van der Waals surface area contributed by atoms with Crippen molar-refractivity contribution in [3.63, 3.8) is 0 Å². The molecule has 0 saturated heterocycles. The summed E-state index contributed by atoms with van der Waals surface area (Å²) in [6, 6.07) is 8.87. The lowest BCUT2D eigenvalue weighted by Crippen LogP contribution is -2.07. The van der Waals surface area contributed by atoms with Crippen LogP contribution in [0.2, 0.25) is 0 Å². The van der Waals surface area contributed by atoms with Gasteiger partial charge in [0.1, 0.15) is 23.5 Å². The van der Waals surface area contributed by atoms with Gasteiger partial charge in [-0.05, 0) is 18.2 Å². The van der Waals surface area contributed by atoms with Crippen LogP contribution in [0.4, 0.5) is 14.6 Å². The van der Waals surface area contributed by atoms with Crippen LogP contribution in [0.25, 0.3) is 22.9 Å². The second-order valence-electron chi connectivity index (χ2n) is 5.48. The molecule has 0 aliphatic heterocycles. The van der Waals surface area contributed by atoms with Crippen molar-refractivity contribution in [1.82, 2.24) is 24.9 Å². The minimum Gasteiger partial charge on any atom is -0.384 e. The van der Waals surface area contributed by atoms with Crippen molar-refractivity contribution in [1.29, 1.82) is 0 Å². The molecule has 0 amide bonds. The second kappa shape index (κ2) is 6.36. The van der Waals surface area contributed by atoms with Crippen molar-refractivity contribution in [3.05, 3.63) is 66.1 Å². The fraction of sp³-hybridized carbons (Fsp3) is 0.0588.